The molecule has 0 aliphatic heterocycles. The molecule has 0 aromatic heterocycles. The molecule has 16 heavy (non-hydrogen) atoms. The Hall–Kier alpha value is -0.890. The van der Waals surface area contributed by atoms with Crippen LogP contribution in [0, 0.1) is 5.82 Å². The van der Waals surface area contributed by atoms with Crippen LogP contribution in [0.15, 0.2) is 12.1 Å². The van der Waals surface area contributed by atoms with Gasteiger partial charge in [-0.05, 0) is 12.1 Å². The van der Waals surface area contributed by atoms with E-state index in [1.807, 2.05) is 0 Å². The molecule has 0 heterocycles. The third-order valence-corrected chi connectivity index (χ3v) is 2.60. The summed E-state index contributed by atoms with van der Waals surface area (Å²) in [6, 6.07) is 2.41. The fraction of sp³-hybridized carbons (Fsp3) is 0.250. The van der Waals surface area contributed by atoms with Crippen LogP contribution in [0.5, 0.6) is 5.75 Å². The summed E-state index contributed by atoms with van der Waals surface area (Å²) in [6.45, 7) is -0.487. The molecular formula is C8H9ClFNO4S. The molecule has 0 atom stereocenters. The Morgan fingerprint density at radius 1 is 1.50 bits per heavy atom. The van der Waals surface area contributed by atoms with E-state index in [-0.39, 0.29) is 16.3 Å². The molecule has 1 aromatic rings. The SMILES string of the molecule is COc1ccc(F)c(Cl)c1COS(N)(=O)=O. The number of hydrogen-bond donors (Lipinski definition) is 1. The summed E-state index contributed by atoms with van der Waals surface area (Å²) in [6.07, 6.45) is 0. The zero-order chi connectivity index (χ0) is 12.3. The normalized spacial score (nSPS) is 11.5. The maximum atomic E-state index is 13.1. The second-order valence-corrected chi connectivity index (χ2v) is 4.40. The minimum Gasteiger partial charge on any atom is -0.496 e. The van der Waals surface area contributed by atoms with Gasteiger partial charge in [0.05, 0.1) is 18.7 Å². The third kappa shape index (κ3) is 3.31. The van der Waals surface area contributed by atoms with Crippen LogP contribution in [0.2, 0.25) is 5.02 Å². The second kappa shape index (κ2) is 4.96. The van der Waals surface area contributed by atoms with E-state index >= 15 is 0 Å². The first-order chi connectivity index (χ1) is 7.35. The van der Waals surface area contributed by atoms with E-state index in [1.165, 1.54) is 13.2 Å². The number of rotatable bonds is 4. The molecule has 90 valence electrons. The van der Waals surface area contributed by atoms with E-state index in [0.717, 1.165) is 6.07 Å². The van der Waals surface area contributed by atoms with Gasteiger partial charge in [-0.15, -0.1) is 0 Å². The first-order valence-corrected chi connectivity index (χ1v) is 5.88. The van der Waals surface area contributed by atoms with Crippen molar-refractivity contribution < 1.29 is 21.7 Å². The fourth-order valence-corrected chi connectivity index (χ4v) is 1.53. The average molecular weight is 270 g/mol. The van der Waals surface area contributed by atoms with Crippen molar-refractivity contribution in [1.82, 2.24) is 0 Å². The Morgan fingerprint density at radius 3 is 2.62 bits per heavy atom. The predicted molar refractivity (Wildman–Crippen MR) is 55.9 cm³/mol. The summed E-state index contributed by atoms with van der Waals surface area (Å²) >= 11 is 5.64. The van der Waals surface area contributed by atoms with Crippen LogP contribution in [0.3, 0.4) is 0 Å². The summed E-state index contributed by atoms with van der Waals surface area (Å²) in [4.78, 5) is 0. The van der Waals surface area contributed by atoms with Crippen molar-refractivity contribution >= 4 is 21.9 Å². The molecule has 0 fully saturated rings. The molecule has 0 spiro atoms. The standard InChI is InChI=1S/C8H9ClFNO4S/c1-14-7-3-2-6(10)8(9)5(7)4-15-16(11,12)13/h2-3H,4H2,1H3,(H2,11,12,13). The Bertz CT molecular complexity index is 491. The molecule has 0 aliphatic rings. The van der Waals surface area contributed by atoms with Crippen molar-refractivity contribution in [3.8, 4) is 5.75 Å². The number of halogens is 2. The van der Waals surface area contributed by atoms with Gasteiger partial charge in [-0.1, -0.05) is 11.6 Å². The molecule has 8 heteroatoms. The number of ether oxygens (including phenoxy) is 1. The number of hydrogen-bond acceptors (Lipinski definition) is 4. The minimum absolute atomic E-state index is 0.0817. The van der Waals surface area contributed by atoms with Crippen molar-refractivity contribution in [2.45, 2.75) is 6.61 Å². The molecular weight excluding hydrogens is 261 g/mol. The molecule has 1 rings (SSSR count). The van der Waals surface area contributed by atoms with Gasteiger partial charge in [-0.2, -0.15) is 8.42 Å². The van der Waals surface area contributed by atoms with Crippen molar-refractivity contribution in [2.75, 3.05) is 7.11 Å². The summed E-state index contributed by atoms with van der Waals surface area (Å²) in [5, 5.41) is 4.37. The molecule has 1 aromatic carbocycles. The van der Waals surface area contributed by atoms with Gasteiger partial charge in [0.15, 0.2) is 0 Å². The summed E-state index contributed by atoms with van der Waals surface area (Å²) in [5.74, 6) is -0.481. The monoisotopic (exact) mass is 269 g/mol. The predicted octanol–water partition coefficient (Wildman–Crippen LogP) is 1.21. The van der Waals surface area contributed by atoms with Crippen LogP contribution in [0.1, 0.15) is 5.56 Å². The zero-order valence-corrected chi connectivity index (χ0v) is 9.81. The maximum Gasteiger partial charge on any atom is 0.333 e. The Balaban J connectivity index is 3.06. The lowest BCUT2D eigenvalue weighted by atomic mass is 10.2. The lowest BCUT2D eigenvalue weighted by Gasteiger charge is -2.10. The van der Waals surface area contributed by atoms with E-state index in [9.17, 15) is 12.8 Å². The van der Waals surface area contributed by atoms with Crippen molar-refractivity contribution in [3.05, 3.63) is 28.5 Å². The molecule has 0 aliphatic carbocycles. The summed E-state index contributed by atoms with van der Waals surface area (Å²) in [5.41, 5.74) is 0.0817. The van der Waals surface area contributed by atoms with Crippen LogP contribution in [0.25, 0.3) is 0 Å². The molecule has 5 nitrogen and oxygen atoms in total. The number of nitrogens with two attached hydrogens (primary N) is 1. The lowest BCUT2D eigenvalue weighted by molar-refractivity contribution is 0.299. The first kappa shape index (κ1) is 13.2. The van der Waals surface area contributed by atoms with Gasteiger partial charge in [0.1, 0.15) is 11.6 Å². The van der Waals surface area contributed by atoms with Crippen molar-refractivity contribution in [3.63, 3.8) is 0 Å². The average Bonchev–Trinajstić information content (AvgIpc) is 2.19. The second-order valence-electron chi connectivity index (χ2n) is 2.80. The topological polar surface area (TPSA) is 78.6 Å². The first-order valence-electron chi connectivity index (χ1n) is 4.03. The Kier molecular flexibility index (Phi) is 4.09. The van der Waals surface area contributed by atoms with Crippen LogP contribution in [-0.4, -0.2) is 15.5 Å². The van der Waals surface area contributed by atoms with E-state index in [1.54, 1.807) is 0 Å². The Morgan fingerprint density at radius 2 is 2.12 bits per heavy atom. The molecule has 0 bridgehead atoms. The summed E-state index contributed by atoms with van der Waals surface area (Å²) in [7, 11) is -2.78. The van der Waals surface area contributed by atoms with Gasteiger partial charge in [-0.3, -0.25) is 4.18 Å². The van der Waals surface area contributed by atoms with Gasteiger partial charge in [0.25, 0.3) is 0 Å². The molecule has 0 unspecified atom stereocenters. The molecule has 0 radical (unpaired) electrons. The van der Waals surface area contributed by atoms with Crippen LogP contribution in [-0.2, 0) is 21.1 Å². The molecule has 0 saturated carbocycles. The zero-order valence-electron chi connectivity index (χ0n) is 8.24. The van der Waals surface area contributed by atoms with E-state index < -0.39 is 22.7 Å². The van der Waals surface area contributed by atoms with Crippen molar-refractivity contribution in [2.24, 2.45) is 5.14 Å². The molecule has 0 saturated heterocycles. The van der Waals surface area contributed by atoms with Crippen molar-refractivity contribution in [1.29, 1.82) is 0 Å². The lowest BCUT2D eigenvalue weighted by Crippen LogP contribution is -2.16. The van der Waals surface area contributed by atoms with Crippen LogP contribution < -0.4 is 9.88 Å². The third-order valence-electron chi connectivity index (χ3n) is 1.74. The highest BCUT2D eigenvalue weighted by molar-refractivity contribution is 7.84. The molecule has 0 amide bonds. The van der Waals surface area contributed by atoms with Crippen LogP contribution in [0.4, 0.5) is 4.39 Å². The minimum atomic E-state index is -4.11. The van der Waals surface area contributed by atoms with Crippen LogP contribution >= 0.6 is 11.6 Å². The van der Waals surface area contributed by atoms with Gasteiger partial charge in [-0.25, -0.2) is 9.53 Å². The van der Waals surface area contributed by atoms with E-state index in [0.29, 0.717) is 0 Å². The van der Waals surface area contributed by atoms with Gasteiger partial charge < -0.3 is 4.74 Å². The van der Waals surface area contributed by atoms with Gasteiger partial charge >= 0.3 is 10.3 Å². The Labute approximate surface area is 97.2 Å². The highest BCUT2D eigenvalue weighted by atomic mass is 35.5. The van der Waals surface area contributed by atoms with E-state index in [2.05, 4.69) is 9.32 Å². The number of benzene rings is 1. The summed E-state index contributed by atoms with van der Waals surface area (Å²) < 4.78 is 43.4. The highest BCUT2D eigenvalue weighted by Gasteiger charge is 2.15. The highest BCUT2D eigenvalue weighted by Crippen LogP contribution is 2.29. The largest absolute Gasteiger partial charge is 0.496 e. The quantitative estimate of drug-likeness (QED) is 0.891. The maximum absolute atomic E-state index is 13.1. The molecule has 2 N–H and O–H groups in total. The smallest absolute Gasteiger partial charge is 0.333 e. The van der Waals surface area contributed by atoms with E-state index in [4.69, 9.17) is 16.3 Å². The van der Waals surface area contributed by atoms with Gasteiger partial charge in [0, 0.05) is 5.56 Å². The fourth-order valence-electron chi connectivity index (χ4n) is 1.04. The van der Waals surface area contributed by atoms with Gasteiger partial charge in [0.2, 0.25) is 0 Å². The number of methoxy groups -OCH3 is 1.